The van der Waals surface area contributed by atoms with E-state index in [2.05, 4.69) is 13.0 Å². The molecule has 3 saturated heterocycles. The van der Waals surface area contributed by atoms with Crippen molar-refractivity contribution in [2.75, 3.05) is 7.11 Å². The minimum atomic E-state index is -0.787. The van der Waals surface area contributed by atoms with E-state index in [0.717, 1.165) is 37.7 Å². The second-order valence-corrected chi connectivity index (χ2v) is 14.6. The minimum absolute atomic E-state index is 0.00950. The first-order valence-electron chi connectivity index (χ1n) is 16.6. The highest BCUT2D eigenvalue weighted by Gasteiger charge is 2.68. The molecule has 2 N–H and O–H groups in total. The van der Waals surface area contributed by atoms with Crippen LogP contribution in [-0.4, -0.2) is 90.5 Å². The molecule has 10 nitrogen and oxygen atoms in total. The van der Waals surface area contributed by atoms with Crippen LogP contribution in [0.4, 0.5) is 0 Å². The minimum Gasteiger partial charge on any atom is -0.461 e. The predicted molar refractivity (Wildman–Crippen MR) is 156 cm³/mol. The van der Waals surface area contributed by atoms with Gasteiger partial charge in [-0.2, -0.15) is 0 Å². The van der Waals surface area contributed by atoms with Gasteiger partial charge in [0, 0.05) is 20.0 Å². The van der Waals surface area contributed by atoms with Crippen molar-refractivity contribution in [2.45, 2.75) is 140 Å². The van der Waals surface area contributed by atoms with Crippen LogP contribution >= 0.6 is 0 Å². The Labute approximate surface area is 259 Å². The maximum atomic E-state index is 13.1. The van der Waals surface area contributed by atoms with Crippen LogP contribution in [0, 0.1) is 28.6 Å². The first kappa shape index (κ1) is 31.0. The Bertz CT molecular complexity index is 1220. The Morgan fingerprint density at radius 3 is 2.45 bits per heavy atom. The van der Waals surface area contributed by atoms with Crippen LogP contribution in [0.3, 0.4) is 0 Å². The molecule has 44 heavy (non-hydrogen) atoms. The van der Waals surface area contributed by atoms with Crippen LogP contribution in [0.5, 0.6) is 0 Å². The molecule has 7 aliphatic rings. The normalized spacial score (nSPS) is 51.8. The maximum absolute atomic E-state index is 13.1. The van der Waals surface area contributed by atoms with Crippen LogP contribution in [0.2, 0.25) is 0 Å². The zero-order valence-corrected chi connectivity index (χ0v) is 26.5. The van der Waals surface area contributed by atoms with Gasteiger partial charge in [0.15, 0.2) is 18.4 Å². The summed E-state index contributed by atoms with van der Waals surface area (Å²) in [4.78, 5) is 26.2. The monoisotopic (exact) mass is 616 g/mol. The molecule has 0 radical (unpaired) electrons. The molecule has 5 fully saturated rings. The predicted octanol–water partition coefficient (Wildman–Crippen LogP) is 3.37. The molecule has 1 spiro atoms. The fraction of sp³-hybridized carbons (Fsp3) is 0.824. The molecule has 10 heteroatoms. The number of allylic oxidation sites excluding steroid dienone is 2. The van der Waals surface area contributed by atoms with Gasteiger partial charge in [0.05, 0.1) is 36.4 Å². The molecule has 0 unspecified atom stereocenters. The highest BCUT2D eigenvalue weighted by molar-refractivity contribution is 6.05. The van der Waals surface area contributed by atoms with E-state index in [0.29, 0.717) is 25.2 Å². The van der Waals surface area contributed by atoms with E-state index >= 15 is 0 Å². The van der Waals surface area contributed by atoms with Gasteiger partial charge in [-0.25, -0.2) is 0 Å². The summed E-state index contributed by atoms with van der Waals surface area (Å²) in [5.74, 6) is 0.0736. The topological polar surface area (TPSA) is 130 Å². The highest BCUT2D eigenvalue weighted by Crippen LogP contribution is 2.66. The lowest BCUT2D eigenvalue weighted by molar-refractivity contribution is -0.317. The van der Waals surface area contributed by atoms with E-state index < -0.39 is 54.6 Å². The number of methoxy groups -OCH3 is 1. The van der Waals surface area contributed by atoms with Crippen molar-refractivity contribution >= 4 is 11.8 Å². The smallest absolute Gasteiger partial charge is 0.317 e. The number of cyclic esters (lactones) is 1. The standard InChI is InChI=1S/C34H48O10/c1-16-29-24(35)13-23-21-7-6-19-12-20(8-10-33(19,4)22(21)9-11-34(23,29)32(38)42-16)43-27-14-25(36)31(18(3)41-27)44-28-15-26(39-5)30(37)17(2)40-28/h6,13,16-18,20-22,25-31,36-37H,7-12,14-15H2,1-5H3/t16-,17-,18-,20+,21-,22+,25-,26+,27+,28-,29+,30-,31+,33+,34-/m1/s1. The summed E-state index contributed by atoms with van der Waals surface area (Å²) in [6.07, 6.45) is 5.01. The van der Waals surface area contributed by atoms with Crippen molar-refractivity contribution in [3.63, 3.8) is 0 Å². The fourth-order valence-electron chi connectivity index (χ4n) is 10.1. The lowest BCUT2D eigenvalue weighted by Crippen LogP contribution is -2.54. The third-order valence-corrected chi connectivity index (χ3v) is 12.4. The Balaban J connectivity index is 0.984. The number of esters is 1. The van der Waals surface area contributed by atoms with Gasteiger partial charge in [0.25, 0.3) is 0 Å². The number of ketones is 1. The van der Waals surface area contributed by atoms with Gasteiger partial charge in [-0.15, -0.1) is 0 Å². The van der Waals surface area contributed by atoms with E-state index in [1.54, 1.807) is 20.1 Å². The molecule has 3 aliphatic heterocycles. The maximum Gasteiger partial charge on any atom is 0.317 e. The van der Waals surface area contributed by atoms with Crippen LogP contribution < -0.4 is 0 Å². The average molecular weight is 617 g/mol. The molecule has 0 aromatic rings. The summed E-state index contributed by atoms with van der Waals surface area (Å²) in [6, 6.07) is 0. The zero-order chi connectivity index (χ0) is 31.1. The van der Waals surface area contributed by atoms with Crippen LogP contribution in [-0.2, 0) is 38.0 Å². The van der Waals surface area contributed by atoms with Crippen LogP contribution in [0.1, 0.15) is 79.1 Å². The molecule has 15 atom stereocenters. The van der Waals surface area contributed by atoms with Gasteiger partial charge >= 0.3 is 5.97 Å². The molecule has 4 aliphatic carbocycles. The summed E-state index contributed by atoms with van der Waals surface area (Å²) in [7, 11) is 1.56. The Hall–Kier alpha value is -1.66. The quantitative estimate of drug-likeness (QED) is 0.350. The number of rotatable bonds is 5. The first-order chi connectivity index (χ1) is 21.0. The molecule has 0 bridgehead atoms. The van der Waals surface area contributed by atoms with E-state index in [1.807, 2.05) is 13.8 Å². The van der Waals surface area contributed by atoms with E-state index in [-0.39, 0.29) is 41.2 Å². The van der Waals surface area contributed by atoms with Gasteiger partial charge in [0.1, 0.15) is 23.7 Å². The number of carbonyl (C=O) groups excluding carboxylic acids is 2. The summed E-state index contributed by atoms with van der Waals surface area (Å²) in [6.45, 7) is 7.88. The van der Waals surface area contributed by atoms with Crippen LogP contribution in [0.15, 0.2) is 23.3 Å². The molecule has 7 rings (SSSR count). The van der Waals surface area contributed by atoms with Gasteiger partial charge < -0.3 is 38.6 Å². The molecular weight excluding hydrogens is 568 g/mol. The third-order valence-electron chi connectivity index (χ3n) is 12.4. The summed E-state index contributed by atoms with van der Waals surface area (Å²) >= 11 is 0. The second kappa shape index (κ2) is 11.2. The first-order valence-corrected chi connectivity index (χ1v) is 16.6. The molecule has 2 saturated carbocycles. The van der Waals surface area contributed by atoms with Crippen molar-refractivity contribution in [3.05, 3.63) is 23.3 Å². The van der Waals surface area contributed by atoms with Gasteiger partial charge in [0.2, 0.25) is 0 Å². The zero-order valence-electron chi connectivity index (χ0n) is 26.5. The van der Waals surface area contributed by atoms with Crippen molar-refractivity contribution in [2.24, 2.45) is 28.6 Å². The molecule has 0 aromatic heterocycles. The summed E-state index contributed by atoms with van der Waals surface area (Å²) in [5.41, 5.74) is 1.68. The molecule has 244 valence electrons. The number of aliphatic hydroxyl groups is 2. The molecular formula is C34H48O10. The number of hydrogen-bond acceptors (Lipinski definition) is 10. The highest BCUT2D eigenvalue weighted by atomic mass is 16.7. The summed E-state index contributed by atoms with van der Waals surface area (Å²) in [5, 5.41) is 21.3. The molecule has 3 heterocycles. The van der Waals surface area contributed by atoms with Crippen molar-refractivity contribution in [1.29, 1.82) is 0 Å². The number of fused-ring (bicyclic) bond motifs is 4. The molecule has 0 amide bonds. The fourth-order valence-corrected chi connectivity index (χ4v) is 10.1. The Kier molecular flexibility index (Phi) is 7.92. The van der Waals surface area contributed by atoms with Crippen LogP contribution in [0.25, 0.3) is 0 Å². The van der Waals surface area contributed by atoms with Crippen molar-refractivity contribution in [3.8, 4) is 0 Å². The van der Waals surface area contributed by atoms with Gasteiger partial charge in [-0.1, -0.05) is 18.6 Å². The number of aliphatic hydroxyl groups excluding tert-OH is 2. The van der Waals surface area contributed by atoms with Gasteiger partial charge in [-0.3, -0.25) is 9.59 Å². The van der Waals surface area contributed by atoms with Crippen molar-refractivity contribution < 1.29 is 48.2 Å². The average Bonchev–Trinajstić information content (AvgIpc) is 3.43. The van der Waals surface area contributed by atoms with E-state index in [4.69, 9.17) is 28.4 Å². The Morgan fingerprint density at radius 1 is 0.955 bits per heavy atom. The van der Waals surface area contributed by atoms with Crippen molar-refractivity contribution in [1.82, 2.24) is 0 Å². The SMILES string of the molecule is CO[C@H]1C[C@@H](O[C@@H]2[C@H](O)C[C@H](O[C@H]3CC[C@@]4(C)C(=CC[C@H]5C6=CC(=O)[C@@H]7[C@@H](C)OC(=O)[C@]67CC[C@@H]54)C3)O[C@@H]2C)O[C@H](C)[C@H]1O. The molecule has 0 aromatic carbocycles. The Morgan fingerprint density at radius 2 is 1.70 bits per heavy atom. The lowest BCUT2D eigenvalue weighted by Gasteiger charge is -2.55. The largest absolute Gasteiger partial charge is 0.461 e. The summed E-state index contributed by atoms with van der Waals surface area (Å²) < 4.78 is 35.8. The second-order valence-electron chi connectivity index (χ2n) is 14.6. The van der Waals surface area contributed by atoms with Gasteiger partial charge in [-0.05, 0) is 88.2 Å². The third kappa shape index (κ3) is 4.69. The number of ether oxygens (including phenoxy) is 6. The van der Waals surface area contributed by atoms with E-state index in [1.165, 1.54) is 5.57 Å². The number of hydrogen-bond donors (Lipinski definition) is 2. The van der Waals surface area contributed by atoms with E-state index in [9.17, 15) is 19.8 Å². The number of carbonyl (C=O) groups is 2. The lowest BCUT2D eigenvalue weighted by atomic mass is 9.48.